The maximum absolute atomic E-state index is 9.22. The molecular weight excluding hydrogens is 233 g/mol. The first-order valence-corrected chi connectivity index (χ1v) is 6.12. The van der Waals surface area contributed by atoms with Crippen LogP contribution in [-0.2, 0) is 9.31 Å². The van der Waals surface area contributed by atoms with Crippen LogP contribution in [0.5, 0.6) is 5.75 Å². The molecule has 1 aromatic carbocycles. The van der Waals surface area contributed by atoms with E-state index in [9.17, 15) is 5.11 Å². The van der Waals surface area contributed by atoms with E-state index in [-0.39, 0.29) is 18.8 Å². The van der Waals surface area contributed by atoms with E-state index >= 15 is 0 Å². The number of benzene rings is 1. The molecule has 2 atom stereocenters. The van der Waals surface area contributed by atoms with Crippen molar-refractivity contribution in [3.05, 3.63) is 23.3 Å². The zero-order valence-electron chi connectivity index (χ0n) is 10.3. The van der Waals surface area contributed by atoms with Crippen LogP contribution < -0.4 is 15.9 Å². The maximum Gasteiger partial charge on any atom is 0.498 e. The molecule has 0 bridgehead atoms. The molecule has 0 unspecified atom stereocenters. The summed E-state index contributed by atoms with van der Waals surface area (Å²) in [4.78, 5) is 0. The lowest BCUT2D eigenvalue weighted by atomic mass is 9.76. The third kappa shape index (κ3) is 1.73. The summed E-state index contributed by atoms with van der Waals surface area (Å²) in [7, 11) is -0.483. The molecule has 1 aromatic rings. The summed E-state index contributed by atoms with van der Waals surface area (Å²) in [6, 6.07) is 3.92. The molecule has 2 aliphatic heterocycles. The quantitative estimate of drug-likeness (QED) is 0.690. The first-order valence-electron chi connectivity index (χ1n) is 6.12. The molecule has 0 amide bonds. The minimum Gasteiger partial charge on any atom is -0.491 e. The normalized spacial score (nSPS) is 25.6. The fourth-order valence-corrected chi connectivity index (χ4v) is 2.57. The fourth-order valence-electron chi connectivity index (χ4n) is 2.57. The number of hydrogen-bond acceptors (Lipinski definition) is 5. The monoisotopic (exact) mass is 249 g/mol. The van der Waals surface area contributed by atoms with Crippen molar-refractivity contribution in [2.45, 2.75) is 19.1 Å². The van der Waals surface area contributed by atoms with Gasteiger partial charge in [0.2, 0.25) is 0 Å². The summed E-state index contributed by atoms with van der Waals surface area (Å²) in [5, 5.41) is 9.22. The van der Waals surface area contributed by atoms with Gasteiger partial charge < -0.3 is 24.9 Å². The molecule has 3 rings (SSSR count). The zero-order valence-corrected chi connectivity index (χ0v) is 10.3. The lowest BCUT2D eigenvalue weighted by Gasteiger charge is -2.17. The summed E-state index contributed by atoms with van der Waals surface area (Å²) in [6.45, 7) is 2.67. The molecule has 0 spiro atoms. The minimum absolute atomic E-state index is 0.0878. The molecule has 0 aliphatic carbocycles. The first-order chi connectivity index (χ1) is 8.74. The minimum atomic E-state index is -0.483. The van der Waals surface area contributed by atoms with Crippen molar-refractivity contribution in [3.63, 3.8) is 0 Å². The standard InChI is InChI=1S/C12H16BNO4/c1-7-2-3-9-12-11(7)10(4-14)18-13(12)17-8(5-15)6-16-9/h2-3,8,10,15H,4-6,14H2,1H3/t8-,10-/m1/s1. The second-order valence-electron chi connectivity index (χ2n) is 4.65. The highest BCUT2D eigenvalue weighted by molar-refractivity contribution is 6.64. The maximum atomic E-state index is 9.22. The third-order valence-electron chi connectivity index (χ3n) is 3.47. The SMILES string of the molecule is Cc1ccc2c3c1[C@@H](CN)OB3O[C@H](CO)CO2. The van der Waals surface area contributed by atoms with Gasteiger partial charge in [-0.25, -0.2) is 0 Å². The van der Waals surface area contributed by atoms with E-state index in [1.165, 1.54) is 0 Å². The molecule has 0 saturated carbocycles. The summed E-state index contributed by atoms with van der Waals surface area (Å²) >= 11 is 0. The Morgan fingerprint density at radius 3 is 3.00 bits per heavy atom. The number of rotatable bonds is 2. The van der Waals surface area contributed by atoms with E-state index in [1.807, 2.05) is 19.1 Å². The van der Waals surface area contributed by atoms with Crippen LogP contribution in [0.2, 0.25) is 0 Å². The predicted molar refractivity (Wildman–Crippen MR) is 66.9 cm³/mol. The highest BCUT2D eigenvalue weighted by Crippen LogP contribution is 2.32. The van der Waals surface area contributed by atoms with Crippen LogP contribution in [0.1, 0.15) is 17.2 Å². The Morgan fingerprint density at radius 1 is 1.44 bits per heavy atom. The van der Waals surface area contributed by atoms with Gasteiger partial charge in [0.15, 0.2) is 0 Å². The second kappa shape index (κ2) is 4.55. The Kier molecular flexibility index (Phi) is 3.03. The first kappa shape index (κ1) is 12.0. The van der Waals surface area contributed by atoms with E-state index < -0.39 is 7.12 Å². The number of aliphatic hydroxyl groups excluding tert-OH is 1. The van der Waals surface area contributed by atoms with E-state index in [1.54, 1.807) is 0 Å². The molecule has 2 aliphatic rings. The summed E-state index contributed by atoms with van der Waals surface area (Å²) in [6.07, 6.45) is -0.530. The van der Waals surface area contributed by atoms with E-state index in [2.05, 4.69) is 0 Å². The van der Waals surface area contributed by atoms with Crippen LogP contribution in [0, 0.1) is 6.92 Å². The van der Waals surface area contributed by atoms with Gasteiger partial charge in [-0.15, -0.1) is 0 Å². The van der Waals surface area contributed by atoms with Gasteiger partial charge in [0.1, 0.15) is 18.5 Å². The fraction of sp³-hybridized carbons (Fsp3) is 0.500. The summed E-state index contributed by atoms with van der Waals surface area (Å²) in [5.41, 5.74) is 8.87. The molecule has 5 nitrogen and oxygen atoms in total. The zero-order chi connectivity index (χ0) is 12.7. The number of hydrogen-bond donors (Lipinski definition) is 2. The van der Waals surface area contributed by atoms with Gasteiger partial charge >= 0.3 is 7.12 Å². The Hall–Kier alpha value is -1.08. The summed E-state index contributed by atoms with van der Waals surface area (Å²) < 4.78 is 17.2. The Morgan fingerprint density at radius 2 is 2.28 bits per heavy atom. The van der Waals surface area contributed by atoms with E-state index in [0.29, 0.717) is 13.2 Å². The largest absolute Gasteiger partial charge is 0.498 e. The van der Waals surface area contributed by atoms with Crippen molar-refractivity contribution in [1.82, 2.24) is 0 Å². The molecule has 6 heteroatoms. The Labute approximate surface area is 106 Å². The van der Waals surface area contributed by atoms with E-state index in [4.69, 9.17) is 19.8 Å². The van der Waals surface area contributed by atoms with Gasteiger partial charge in [-0.1, -0.05) is 6.07 Å². The van der Waals surface area contributed by atoms with E-state index in [0.717, 1.165) is 22.3 Å². The van der Waals surface area contributed by atoms with Crippen molar-refractivity contribution in [2.75, 3.05) is 19.8 Å². The Bertz CT molecular complexity index is 468. The average Bonchev–Trinajstić information content (AvgIpc) is 2.66. The van der Waals surface area contributed by atoms with Gasteiger partial charge in [-0.2, -0.15) is 0 Å². The highest BCUT2D eigenvalue weighted by Gasteiger charge is 2.43. The van der Waals surface area contributed by atoms with Crippen LogP contribution in [0.15, 0.2) is 12.1 Å². The van der Waals surface area contributed by atoms with Crippen LogP contribution >= 0.6 is 0 Å². The van der Waals surface area contributed by atoms with Crippen LogP contribution in [-0.4, -0.2) is 38.1 Å². The van der Waals surface area contributed by atoms with Gasteiger partial charge in [-0.05, 0) is 24.1 Å². The molecule has 0 fully saturated rings. The van der Waals surface area contributed by atoms with Gasteiger partial charge in [0, 0.05) is 12.0 Å². The number of nitrogens with two attached hydrogens (primary N) is 1. The van der Waals surface area contributed by atoms with Crippen molar-refractivity contribution in [3.8, 4) is 5.75 Å². The van der Waals surface area contributed by atoms with Crippen molar-refractivity contribution >= 4 is 12.6 Å². The average molecular weight is 249 g/mol. The van der Waals surface area contributed by atoms with Crippen molar-refractivity contribution in [2.24, 2.45) is 5.73 Å². The molecule has 96 valence electrons. The molecular formula is C12H16BNO4. The number of ether oxygens (including phenoxy) is 1. The molecule has 0 radical (unpaired) electrons. The van der Waals surface area contributed by atoms with Crippen LogP contribution in [0.3, 0.4) is 0 Å². The smallest absolute Gasteiger partial charge is 0.491 e. The number of aliphatic hydroxyl groups is 1. The topological polar surface area (TPSA) is 73.9 Å². The van der Waals surface area contributed by atoms with Gasteiger partial charge in [0.25, 0.3) is 0 Å². The molecule has 3 N–H and O–H groups in total. The Balaban J connectivity index is 2.08. The second-order valence-corrected chi connectivity index (χ2v) is 4.65. The van der Waals surface area contributed by atoms with Crippen molar-refractivity contribution < 1.29 is 19.2 Å². The molecule has 18 heavy (non-hydrogen) atoms. The van der Waals surface area contributed by atoms with Gasteiger partial charge in [0.05, 0.1) is 12.7 Å². The molecule has 0 saturated heterocycles. The molecule has 0 aromatic heterocycles. The summed E-state index contributed by atoms with van der Waals surface area (Å²) in [5.74, 6) is 0.771. The lowest BCUT2D eigenvalue weighted by molar-refractivity contribution is 0.0497. The number of aryl methyl sites for hydroxylation is 1. The van der Waals surface area contributed by atoms with Crippen LogP contribution in [0.4, 0.5) is 0 Å². The highest BCUT2D eigenvalue weighted by atomic mass is 16.6. The van der Waals surface area contributed by atoms with Crippen molar-refractivity contribution in [1.29, 1.82) is 0 Å². The van der Waals surface area contributed by atoms with Crippen LogP contribution in [0.25, 0.3) is 0 Å². The van der Waals surface area contributed by atoms with Gasteiger partial charge in [-0.3, -0.25) is 0 Å². The third-order valence-corrected chi connectivity index (χ3v) is 3.47. The molecule has 2 heterocycles. The predicted octanol–water partition coefficient (Wildman–Crippen LogP) is -0.510. The lowest BCUT2D eigenvalue weighted by Crippen LogP contribution is -2.36.